The number of ether oxygens (including phenoxy) is 2. The van der Waals surface area contributed by atoms with Gasteiger partial charge in [-0.05, 0) is 30.3 Å². The molecule has 1 heterocycles. The van der Waals surface area contributed by atoms with Gasteiger partial charge in [-0.25, -0.2) is 9.97 Å². The van der Waals surface area contributed by atoms with E-state index in [9.17, 15) is 4.79 Å². The summed E-state index contributed by atoms with van der Waals surface area (Å²) in [5.41, 5.74) is 2.84. The highest BCUT2D eigenvalue weighted by Crippen LogP contribution is 2.25. The van der Waals surface area contributed by atoms with E-state index in [1.165, 1.54) is 6.33 Å². The van der Waals surface area contributed by atoms with Crippen molar-refractivity contribution >= 4 is 11.6 Å². The third-order valence-electron chi connectivity index (χ3n) is 4.36. The van der Waals surface area contributed by atoms with Gasteiger partial charge < -0.3 is 14.8 Å². The number of hydrogen-bond acceptors (Lipinski definition) is 5. The Labute approximate surface area is 174 Å². The summed E-state index contributed by atoms with van der Waals surface area (Å²) in [5.74, 6) is 1.32. The molecule has 6 heteroatoms. The fourth-order valence-electron chi connectivity index (χ4n) is 2.89. The second kappa shape index (κ2) is 8.87. The quantitative estimate of drug-likeness (QED) is 0.484. The molecule has 3 aromatic carbocycles. The Bertz CT molecular complexity index is 1160. The molecule has 30 heavy (non-hydrogen) atoms. The lowest BCUT2D eigenvalue weighted by Gasteiger charge is -2.09. The van der Waals surface area contributed by atoms with Crippen molar-refractivity contribution < 1.29 is 14.3 Å². The summed E-state index contributed by atoms with van der Waals surface area (Å²) in [5, 5.41) is 2.85. The summed E-state index contributed by atoms with van der Waals surface area (Å²) in [7, 11) is 1.58. The van der Waals surface area contributed by atoms with E-state index in [4.69, 9.17) is 9.47 Å². The Kier molecular flexibility index (Phi) is 5.66. The Balaban J connectivity index is 1.50. The highest BCUT2D eigenvalue weighted by atomic mass is 16.5. The van der Waals surface area contributed by atoms with Crippen LogP contribution < -0.4 is 14.8 Å². The molecule has 0 atom stereocenters. The summed E-state index contributed by atoms with van der Waals surface area (Å²) in [4.78, 5) is 21.1. The molecule has 0 saturated carbocycles. The van der Waals surface area contributed by atoms with Crippen LogP contribution in [-0.2, 0) is 0 Å². The minimum atomic E-state index is -0.249. The molecule has 4 rings (SSSR count). The van der Waals surface area contributed by atoms with Crippen molar-refractivity contribution in [2.45, 2.75) is 0 Å². The molecule has 4 aromatic rings. The number of nitrogens with one attached hydrogen (secondary N) is 1. The number of nitrogens with zero attached hydrogens (tertiary/aromatic N) is 2. The van der Waals surface area contributed by atoms with Crippen molar-refractivity contribution in [3.8, 4) is 28.6 Å². The first-order valence-corrected chi connectivity index (χ1v) is 9.32. The zero-order valence-electron chi connectivity index (χ0n) is 16.3. The summed E-state index contributed by atoms with van der Waals surface area (Å²) < 4.78 is 11.1. The summed E-state index contributed by atoms with van der Waals surface area (Å²) in [6.45, 7) is 0. The Morgan fingerprint density at radius 3 is 2.47 bits per heavy atom. The second-order valence-corrected chi connectivity index (χ2v) is 6.42. The van der Waals surface area contributed by atoms with Crippen molar-refractivity contribution in [1.29, 1.82) is 0 Å². The lowest BCUT2D eigenvalue weighted by Crippen LogP contribution is -2.11. The predicted octanol–water partition coefficient (Wildman–Crippen LogP) is 5.20. The molecule has 1 N–H and O–H groups in total. The first-order valence-electron chi connectivity index (χ1n) is 9.32. The highest BCUT2D eigenvalue weighted by molar-refractivity contribution is 6.04. The molecule has 1 aromatic heterocycles. The maximum atomic E-state index is 12.6. The van der Waals surface area contributed by atoms with E-state index in [0.717, 1.165) is 11.3 Å². The van der Waals surface area contributed by atoms with E-state index in [1.807, 2.05) is 42.5 Å². The third kappa shape index (κ3) is 4.62. The lowest BCUT2D eigenvalue weighted by molar-refractivity contribution is 0.102. The van der Waals surface area contributed by atoms with Gasteiger partial charge in [0.25, 0.3) is 5.91 Å². The number of methoxy groups -OCH3 is 1. The SMILES string of the molecule is COc1cccc(NC(=O)c2cccc(Oc3cc(-c4ccccc4)ncn3)c2)c1. The van der Waals surface area contributed by atoms with E-state index in [0.29, 0.717) is 28.6 Å². The first-order chi connectivity index (χ1) is 14.7. The van der Waals surface area contributed by atoms with E-state index in [-0.39, 0.29) is 5.91 Å². The molecule has 0 aliphatic carbocycles. The van der Waals surface area contributed by atoms with Gasteiger partial charge >= 0.3 is 0 Å². The number of carbonyl (C=O) groups is 1. The van der Waals surface area contributed by atoms with Crippen LogP contribution in [0.3, 0.4) is 0 Å². The van der Waals surface area contributed by atoms with Gasteiger partial charge in [0.15, 0.2) is 0 Å². The highest BCUT2D eigenvalue weighted by Gasteiger charge is 2.09. The third-order valence-corrected chi connectivity index (χ3v) is 4.36. The standard InChI is InChI=1S/C24H19N3O3/c1-29-20-11-6-10-19(14-20)27-24(28)18-9-5-12-21(13-18)30-23-15-22(25-16-26-23)17-7-3-2-4-8-17/h2-16H,1H3,(H,27,28). The summed E-state index contributed by atoms with van der Waals surface area (Å²) >= 11 is 0. The normalized spacial score (nSPS) is 10.3. The maximum absolute atomic E-state index is 12.6. The Morgan fingerprint density at radius 1 is 0.833 bits per heavy atom. The van der Waals surface area contributed by atoms with Crippen LogP contribution in [0.5, 0.6) is 17.4 Å². The average Bonchev–Trinajstić information content (AvgIpc) is 2.80. The van der Waals surface area contributed by atoms with Crippen molar-refractivity contribution in [3.63, 3.8) is 0 Å². The fraction of sp³-hybridized carbons (Fsp3) is 0.0417. The molecular formula is C24H19N3O3. The lowest BCUT2D eigenvalue weighted by atomic mass is 10.1. The Hall–Kier alpha value is -4.19. The van der Waals surface area contributed by atoms with Crippen LogP contribution in [0.2, 0.25) is 0 Å². The zero-order valence-corrected chi connectivity index (χ0v) is 16.3. The average molecular weight is 397 g/mol. The van der Waals surface area contributed by atoms with Crippen LogP contribution in [0.4, 0.5) is 5.69 Å². The number of amides is 1. The van der Waals surface area contributed by atoms with E-state index >= 15 is 0 Å². The van der Waals surface area contributed by atoms with Gasteiger partial charge in [0.1, 0.15) is 17.8 Å². The van der Waals surface area contributed by atoms with Gasteiger partial charge in [-0.3, -0.25) is 4.79 Å². The van der Waals surface area contributed by atoms with Crippen LogP contribution >= 0.6 is 0 Å². The molecule has 0 saturated heterocycles. The zero-order chi connectivity index (χ0) is 20.8. The molecule has 0 fully saturated rings. The molecule has 6 nitrogen and oxygen atoms in total. The number of rotatable bonds is 6. The number of carbonyl (C=O) groups excluding carboxylic acids is 1. The second-order valence-electron chi connectivity index (χ2n) is 6.42. The molecule has 0 radical (unpaired) electrons. The monoisotopic (exact) mass is 397 g/mol. The smallest absolute Gasteiger partial charge is 0.255 e. The van der Waals surface area contributed by atoms with Crippen molar-refractivity contribution in [3.05, 3.63) is 96.8 Å². The van der Waals surface area contributed by atoms with Gasteiger partial charge in [0, 0.05) is 28.9 Å². The number of anilines is 1. The molecule has 148 valence electrons. The fourth-order valence-corrected chi connectivity index (χ4v) is 2.89. The molecule has 1 amide bonds. The first kappa shape index (κ1) is 19.1. The van der Waals surface area contributed by atoms with Gasteiger partial charge in [-0.1, -0.05) is 42.5 Å². The molecule has 0 spiro atoms. The van der Waals surface area contributed by atoms with Gasteiger partial charge in [0.05, 0.1) is 12.8 Å². The molecule has 0 bridgehead atoms. The maximum Gasteiger partial charge on any atom is 0.255 e. The van der Waals surface area contributed by atoms with E-state index in [2.05, 4.69) is 15.3 Å². The minimum absolute atomic E-state index is 0.249. The molecular weight excluding hydrogens is 378 g/mol. The largest absolute Gasteiger partial charge is 0.497 e. The van der Waals surface area contributed by atoms with Crippen LogP contribution in [0.25, 0.3) is 11.3 Å². The van der Waals surface area contributed by atoms with Crippen LogP contribution in [0.15, 0.2) is 91.3 Å². The van der Waals surface area contributed by atoms with Gasteiger partial charge in [-0.15, -0.1) is 0 Å². The number of aromatic nitrogens is 2. The molecule has 0 unspecified atom stereocenters. The van der Waals surface area contributed by atoms with Crippen molar-refractivity contribution in [2.24, 2.45) is 0 Å². The summed E-state index contributed by atoms with van der Waals surface area (Å²) in [6, 6.07) is 25.6. The van der Waals surface area contributed by atoms with Crippen LogP contribution in [0.1, 0.15) is 10.4 Å². The minimum Gasteiger partial charge on any atom is -0.497 e. The Morgan fingerprint density at radius 2 is 1.63 bits per heavy atom. The summed E-state index contributed by atoms with van der Waals surface area (Å²) in [6.07, 6.45) is 1.46. The topological polar surface area (TPSA) is 73.3 Å². The van der Waals surface area contributed by atoms with Crippen molar-refractivity contribution in [2.75, 3.05) is 12.4 Å². The molecule has 0 aliphatic heterocycles. The van der Waals surface area contributed by atoms with E-state index in [1.54, 1.807) is 49.6 Å². The van der Waals surface area contributed by atoms with Crippen molar-refractivity contribution in [1.82, 2.24) is 9.97 Å². The van der Waals surface area contributed by atoms with Crippen LogP contribution in [-0.4, -0.2) is 23.0 Å². The molecule has 0 aliphatic rings. The van der Waals surface area contributed by atoms with Gasteiger partial charge in [0.2, 0.25) is 5.88 Å². The van der Waals surface area contributed by atoms with Crippen LogP contribution in [0, 0.1) is 0 Å². The predicted molar refractivity (Wildman–Crippen MR) is 115 cm³/mol. The number of hydrogen-bond donors (Lipinski definition) is 1. The number of benzene rings is 3. The van der Waals surface area contributed by atoms with Gasteiger partial charge in [-0.2, -0.15) is 0 Å². The van der Waals surface area contributed by atoms with E-state index < -0.39 is 0 Å².